The quantitative estimate of drug-likeness (QED) is 0.463. The van der Waals surface area contributed by atoms with Gasteiger partial charge in [0.2, 0.25) is 0 Å². The number of hydrogen-bond donors (Lipinski definition) is 2. The summed E-state index contributed by atoms with van der Waals surface area (Å²) in [4.78, 5) is 3.79. The average Bonchev–Trinajstić information content (AvgIpc) is 3.14. The zero-order valence-electron chi connectivity index (χ0n) is 17.4. The molecule has 2 aliphatic carbocycles. The Morgan fingerprint density at radius 1 is 0.931 bits per heavy atom. The van der Waals surface area contributed by atoms with Gasteiger partial charge in [0.25, 0.3) is 0 Å². The van der Waals surface area contributed by atoms with Crippen LogP contribution >= 0.6 is 12.4 Å². The predicted octanol–water partition coefficient (Wildman–Crippen LogP) is 7.37. The molecule has 0 aliphatic heterocycles. The number of halogens is 1. The zero-order chi connectivity index (χ0) is 18.9. The minimum absolute atomic E-state index is 0. The third-order valence-corrected chi connectivity index (χ3v) is 7.06. The van der Waals surface area contributed by atoms with E-state index in [2.05, 4.69) is 65.8 Å². The lowest BCUT2D eigenvalue weighted by atomic mass is 9.83. The van der Waals surface area contributed by atoms with Gasteiger partial charge in [-0.15, -0.1) is 12.4 Å². The zero-order valence-corrected chi connectivity index (χ0v) is 18.2. The van der Waals surface area contributed by atoms with Crippen molar-refractivity contribution < 1.29 is 0 Å². The van der Waals surface area contributed by atoms with Crippen molar-refractivity contribution in [2.75, 3.05) is 0 Å². The van der Waals surface area contributed by atoms with Crippen LogP contribution in [0.2, 0.25) is 0 Å². The molecule has 0 bridgehead atoms. The van der Waals surface area contributed by atoms with Crippen molar-refractivity contribution in [3.63, 3.8) is 0 Å². The Hall–Kier alpha value is -1.77. The molecule has 2 unspecified atom stereocenters. The van der Waals surface area contributed by atoms with Crippen LogP contribution in [0.3, 0.4) is 0 Å². The molecule has 2 N–H and O–H groups in total. The van der Waals surface area contributed by atoms with Crippen LogP contribution in [0.4, 0.5) is 0 Å². The first-order valence-corrected chi connectivity index (χ1v) is 11.2. The van der Waals surface area contributed by atoms with E-state index in [0.29, 0.717) is 12.1 Å². The van der Waals surface area contributed by atoms with Gasteiger partial charge in [-0.2, -0.15) is 0 Å². The molecule has 3 aromatic rings. The first-order valence-electron chi connectivity index (χ1n) is 11.2. The summed E-state index contributed by atoms with van der Waals surface area (Å²) in [6, 6.07) is 18.8. The van der Waals surface area contributed by atoms with Crippen molar-refractivity contribution in [3.05, 3.63) is 70.9 Å². The topological polar surface area (TPSA) is 27.8 Å². The Balaban J connectivity index is 0.00000205. The van der Waals surface area contributed by atoms with Gasteiger partial charge >= 0.3 is 0 Å². The van der Waals surface area contributed by atoms with E-state index in [1.165, 1.54) is 73.5 Å². The number of aromatic nitrogens is 1. The molecule has 1 aromatic heterocycles. The Morgan fingerprint density at radius 2 is 1.72 bits per heavy atom. The number of nitrogens with one attached hydrogen (secondary N) is 2. The highest BCUT2D eigenvalue weighted by atomic mass is 35.5. The lowest BCUT2D eigenvalue weighted by Gasteiger charge is -2.27. The first-order chi connectivity index (χ1) is 13.8. The van der Waals surface area contributed by atoms with Crippen molar-refractivity contribution in [1.82, 2.24) is 10.3 Å². The van der Waals surface area contributed by atoms with Gasteiger partial charge in [0, 0.05) is 28.7 Å². The monoisotopic (exact) mass is 408 g/mol. The number of fused-ring (bicyclic) bond motifs is 3. The SMILES string of the molecule is CC(NC1CCCc2c1[nH]c1ccc(C3CCCCC3)cc21)c1ccccc1.Cl. The molecular weight excluding hydrogens is 376 g/mol. The van der Waals surface area contributed by atoms with Crippen LogP contribution in [0, 0.1) is 0 Å². The molecular formula is C26H33ClN2. The van der Waals surface area contributed by atoms with E-state index in [0.717, 1.165) is 5.92 Å². The molecule has 154 valence electrons. The van der Waals surface area contributed by atoms with E-state index in [4.69, 9.17) is 0 Å². The van der Waals surface area contributed by atoms with E-state index in [-0.39, 0.29) is 12.4 Å². The summed E-state index contributed by atoms with van der Waals surface area (Å²) in [6.07, 6.45) is 10.7. The third kappa shape index (κ3) is 4.11. The number of benzene rings is 2. The van der Waals surface area contributed by atoms with E-state index in [1.807, 2.05) is 0 Å². The molecule has 1 saturated carbocycles. The summed E-state index contributed by atoms with van der Waals surface area (Å²) in [6.45, 7) is 2.29. The number of rotatable bonds is 4. The van der Waals surface area contributed by atoms with E-state index in [1.54, 1.807) is 11.1 Å². The van der Waals surface area contributed by atoms with Gasteiger partial charge in [0.05, 0.1) is 0 Å². The Bertz CT molecular complexity index is 940. The van der Waals surface area contributed by atoms with Gasteiger partial charge in [-0.05, 0) is 73.8 Å². The minimum atomic E-state index is 0. The van der Waals surface area contributed by atoms with Gasteiger partial charge < -0.3 is 10.3 Å². The Labute approximate surface area is 180 Å². The van der Waals surface area contributed by atoms with Crippen LogP contribution in [0.25, 0.3) is 10.9 Å². The number of H-pyrrole nitrogens is 1. The van der Waals surface area contributed by atoms with E-state index in [9.17, 15) is 0 Å². The highest BCUT2D eigenvalue weighted by Crippen LogP contribution is 2.39. The van der Waals surface area contributed by atoms with Crippen molar-refractivity contribution in [2.45, 2.75) is 76.3 Å². The van der Waals surface area contributed by atoms with Gasteiger partial charge in [-0.1, -0.05) is 55.7 Å². The molecule has 5 rings (SSSR count). The summed E-state index contributed by atoms with van der Waals surface area (Å²) in [5.41, 5.74) is 7.26. The molecule has 1 heterocycles. The molecule has 0 amide bonds. The lowest BCUT2D eigenvalue weighted by Crippen LogP contribution is -2.27. The highest BCUT2D eigenvalue weighted by molar-refractivity contribution is 5.86. The van der Waals surface area contributed by atoms with Crippen molar-refractivity contribution in [2.24, 2.45) is 0 Å². The maximum absolute atomic E-state index is 3.90. The third-order valence-electron chi connectivity index (χ3n) is 7.06. The Kier molecular flexibility index (Phi) is 6.32. The van der Waals surface area contributed by atoms with Gasteiger partial charge in [-0.3, -0.25) is 0 Å². The van der Waals surface area contributed by atoms with Gasteiger partial charge in [-0.25, -0.2) is 0 Å². The summed E-state index contributed by atoms with van der Waals surface area (Å²) >= 11 is 0. The second-order valence-corrected chi connectivity index (χ2v) is 8.90. The Morgan fingerprint density at radius 3 is 2.52 bits per heavy atom. The standard InChI is InChI=1S/C26H32N2.ClH/c1-18(19-9-4-2-5-10-19)27-25-14-8-13-22-23-17-21(20-11-6-3-7-12-20)15-16-24(23)28-26(22)25;/h2,4-5,9-10,15-18,20,25,27-28H,3,6-8,11-14H2,1H3;1H. The molecule has 1 fully saturated rings. The fourth-order valence-corrected chi connectivity index (χ4v) is 5.48. The maximum Gasteiger partial charge on any atom is 0.0480 e. The number of aryl methyl sites for hydroxylation is 1. The molecule has 3 heteroatoms. The van der Waals surface area contributed by atoms with E-state index >= 15 is 0 Å². The molecule has 0 saturated heterocycles. The first kappa shape index (κ1) is 20.5. The van der Waals surface area contributed by atoms with Crippen LogP contribution in [0.1, 0.15) is 92.3 Å². The summed E-state index contributed by atoms with van der Waals surface area (Å²) in [5, 5.41) is 5.38. The maximum atomic E-state index is 3.90. The minimum Gasteiger partial charge on any atom is -0.357 e. The molecule has 2 atom stereocenters. The fourth-order valence-electron chi connectivity index (χ4n) is 5.48. The number of hydrogen-bond acceptors (Lipinski definition) is 1. The van der Waals surface area contributed by atoms with Crippen molar-refractivity contribution in [1.29, 1.82) is 0 Å². The van der Waals surface area contributed by atoms with Crippen molar-refractivity contribution in [3.8, 4) is 0 Å². The van der Waals surface area contributed by atoms with Crippen LogP contribution in [-0.4, -0.2) is 4.98 Å². The van der Waals surface area contributed by atoms with E-state index < -0.39 is 0 Å². The van der Waals surface area contributed by atoms with Crippen LogP contribution in [-0.2, 0) is 6.42 Å². The normalized spacial score (nSPS) is 20.8. The average molecular weight is 409 g/mol. The highest BCUT2D eigenvalue weighted by Gasteiger charge is 2.26. The van der Waals surface area contributed by atoms with Crippen LogP contribution in [0.5, 0.6) is 0 Å². The number of aromatic amines is 1. The van der Waals surface area contributed by atoms with Crippen LogP contribution < -0.4 is 5.32 Å². The second kappa shape index (κ2) is 8.93. The molecule has 0 radical (unpaired) electrons. The molecule has 2 nitrogen and oxygen atoms in total. The molecule has 29 heavy (non-hydrogen) atoms. The smallest absolute Gasteiger partial charge is 0.0480 e. The van der Waals surface area contributed by atoms with Crippen LogP contribution in [0.15, 0.2) is 48.5 Å². The summed E-state index contributed by atoms with van der Waals surface area (Å²) in [5.74, 6) is 0.777. The largest absolute Gasteiger partial charge is 0.357 e. The fraction of sp³-hybridized carbons (Fsp3) is 0.462. The lowest BCUT2D eigenvalue weighted by molar-refractivity contribution is 0.410. The summed E-state index contributed by atoms with van der Waals surface area (Å²) in [7, 11) is 0. The van der Waals surface area contributed by atoms with Gasteiger partial charge in [0.15, 0.2) is 0 Å². The second-order valence-electron chi connectivity index (χ2n) is 8.90. The molecule has 2 aromatic carbocycles. The van der Waals surface area contributed by atoms with Gasteiger partial charge in [0.1, 0.15) is 0 Å². The molecule has 2 aliphatic rings. The van der Waals surface area contributed by atoms with Crippen molar-refractivity contribution >= 4 is 23.3 Å². The molecule has 0 spiro atoms. The predicted molar refractivity (Wildman–Crippen MR) is 125 cm³/mol. The summed E-state index contributed by atoms with van der Waals surface area (Å²) < 4.78 is 0.